The first-order valence-electron chi connectivity index (χ1n) is 3.97. The summed E-state index contributed by atoms with van der Waals surface area (Å²) in [6, 6.07) is 4.41. The molecule has 0 saturated heterocycles. The van der Waals surface area contributed by atoms with Crippen LogP contribution in [0.15, 0.2) is 23.9 Å². The molecule has 0 aliphatic carbocycles. The Morgan fingerprint density at radius 1 is 1.57 bits per heavy atom. The molecule has 0 radical (unpaired) electrons. The van der Waals surface area contributed by atoms with E-state index in [9.17, 15) is 9.18 Å². The van der Waals surface area contributed by atoms with Crippen LogP contribution in [0.3, 0.4) is 0 Å². The Balaban J connectivity index is 3.13. The van der Waals surface area contributed by atoms with Gasteiger partial charge in [-0.15, -0.1) is 0 Å². The minimum atomic E-state index is -1.26. The van der Waals surface area contributed by atoms with Crippen molar-refractivity contribution < 1.29 is 14.3 Å². The summed E-state index contributed by atoms with van der Waals surface area (Å²) >= 11 is 0. The highest BCUT2D eigenvalue weighted by Crippen LogP contribution is 2.12. The minimum absolute atomic E-state index is 0.185. The van der Waals surface area contributed by atoms with Crippen molar-refractivity contribution in [2.24, 2.45) is 5.73 Å². The van der Waals surface area contributed by atoms with Crippen molar-refractivity contribution in [3.05, 3.63) is 40.8 Å². The van der Waals surface area contributed by atoms with Crippen LogP contribution in [0.2, 0.25) is 0 Å². The van der Waals surface area contributed by atoms with Gasteiger partial charge in [-0.1, -0.05) is 11.6 Å². The predicted octanol–water partition coefficient (Wildman–Crippen LogP) is 1.52. The molecule has 0 amide bonds. The standard InChI is InChI=1S/C10H10FNO2/c1-6-2-3-8(11)7(4-6)5-9(12)10(13)14/h2-5H,12H2,1H3,(H,13,14)/b9-5+. The fourth-order valence-electron chi connectivity index (χ4n) is 1.00. The number of carbonyl (C=O) groups is 1. The van der Waals surface area contributed by atoms with Gasteiger partial charge in [-0.25, -0.2) is 9.18 Å². The lowest BCUT2D eigenvalue weighted by Gasteiger charge is -1.99. The molecule has 0 spiro atoms. The van der Waals surface area contributed by atoms with Crippen LogP contribution >= 0.6 is 0 Å². The van der Waals surface area contributed by atoms with Crippen LogP contribution in [0.5, 0.6) is 0 Å². The van der Waals surface area contributed by atoms with E-state index in [1.54, 1.807) is 13.0 Å². The summed E-state index contributed by atoms with van der Waals surface area (Å²) in [5, 5.41) is 8.49. The summed E-state index contributed by atoms with van der Waals surface area (Å²) in [6.07, 6.45) is 1.10. The lowest BCUT2D eigenvalue weighted by Crippen LogP contribution is -2.09. The quantitative estimate of drug-likeness (QED) is 0.703. The summed E-state index contributed by atoms with van der Waals surface area (Å²) in [5.74, 6) is -1.74. The van der Waals surface area contributed by atoms with Gasteiger partial charge in [0.2, 0.25) is 0 Å². The van der Waals surface area contributed by atoms with Gasteiger partial charge in [-0.2, -0.15) is 0 Å². The van der Waals surface area contributed by atoms with Gasteiger partial charge in [0.25, 0.3) is 0 Å². The molecular weight excluding hydrogens is 185 g/mol. The van der Waals surface area contributed by atoms with E-state index in [2.05, 4.69) is 0 Å². The second-order valence-electron chi connectivity index (χ2n) is 2.93. The monoisotopic (exact) mass is 195 g/mol. The van der Waals surface area contributed by atoms with Crippen molar-refractivity contribution in [1.82, 2.24) is 0 Å². The third kappa shape index (κ3) is 2.32. The molecule has 0 unspecified atom stereocenters. The van der Waals surface area contributed by atoms with E-state index in [4.69, 9.17) is 10.8 Å². The third-order valence-corrected chi connectivity index (χ3v) is 1.71. The number of carboxylic acids is 1. The van der Waals surface area contributed by atoms with Crippen molar-refractivity contribution in [3.63, 3.8) is 0 Å². The number of aliphatic carboxylic acids is 1. The van der Waals surface area contributed by atoms with Gasteiger partial charge in [-0.3, -0.25) is 0 Å². The van der Waals surface area contributed by atoms with Crippen molar-refractivity contribution in [1.29, 1.82) is 0 Å². The average Bonchev–Trinajstić information content (AvgIpc) is 2.11. The van der Waals surface area contributed by atoms with Crippen LogP contribution in [-0.4, -0.2) is 11.1 Å². The molecular formula is C10H10FNO2. The molecule has 4 heteroatoms. The van der Waals surface area contributed by atoms with Gasteiger partial charge in [0.15, 0.2) is 0 Å². The number of benzene rings is 1. The first-order valence-corrected chi connectivity index (χ1v) is 3.97. The number of hydrogen-bond acceptors (Lipinski definition) is 2. The number of hydrogen-bond donors (Lipinski definition) is 2. The zero-order valence-corrected chi connectivity index (χ0v) is 7.62. The average molecular weight is 195 g/mol. The first-order chi connectivity index (χ1) is 6.50. The van der Waals surface area contributed by atoms with Crippen LogP contribution in [0, 0.1) is 12.7 Å². The van der Waals surface area contributed by atoms with E-state index in [0.29, 0.717) is 0 Å². The summed E-state index contributed by atoms with van der Waals surface area (Å²) < 4.78 is 13.1. The van der Waals surface area contributed by atoms with Gasteiger partial charge >= 0.3 is 5.97 Å². The number of rotatable bonds is 2. The van der Waals surface area contributed by atoms with E-state index < -0.39 is 11.8 Å². The molecule has 0 fully saturated rings. The Bertz CT molecular complexity index is 399. The van der Waals surface area contributed by atoms with Gasteiger partial charge in [0.05, 0.1) is 0 Å². The molecule has 74 valence electrons. The summed E-state index contributed by atoms with van der Waals surface area (Å²) in [4.78, 5) is 10.4. The molecule has 0 bridgehead atoms. The fourth-order valence-corrected chi connectivity index (χ4v) is 1.00. The van der Waals surface area contributed by atoms with Crippen molar-refractivity contribution in [2.75, 3.05) is 0 Å². The molecule has 0 aromatic heterocycles. The van der Waals surface area contributed by atoms with Gasteiger partial charge in [0, 0.05) is 5.56 Å². The number of aryl methyl sites for hydroxylation is 1. The van der Waals surface area contributed by atoms with Gasteiger partial charge in [-0.05, 0) is 25.1 Å². The molecule has 0 aliphatic rings. The number of halogens is 1. The lowest BCUT2D eigenvalue weighted by molar-refractivity contribution is -0.132. The molecule has 0 aliphatic heterocycles. The highest BCUT2D eigenvalue weighted by molar-refractivity contribution is 5.91. The Morgan fingerprint density at radius 2 is 2.21 bits per heavy atom. The van der Waals surface area contributed by atoms with E-state index in [-0.39, 0.29) is 11.3 Å². The molecule has 14 heavy (non-hydrogen) atoms. The second-order valence-corrected chi connectivity index (χ2v) is 2.93. The highest BCUT2D eigenvalue weighted by atomic mass is 19.1. The molecule has 3 nitrogen and oxygen atoms in total. The molecule has 3 N–H and O–H groups in total. The zero-order chi connectivity index (χ0) is 10.7. The Labute approximate surface area is 80.7 Å². The fraction of sp³-hybridized carbons (Fsp3) is 0.100. The van der Waals surface area contributed by atoms with E-state index >= 15 is 0 Å². The van der Waals surface area contributed by atoms with Gasteiger partial charge < -0.3 is 10.8 Å². The summed E-state index contributed by atoms with van der Waals surface area (Å²) in [6.45, 7) is 1.79. The molecule has 1 rings (SSSR count). The maximum absolute atomic E-state index is 13.1. The van der Waals surface area contributed by atoms with Crippen molar-refractivity contribution in [2.45, 2.75) is 6.92 Å². The molecule has 0 atom stereocenters. The van der Waals surface area contributed by atoms with Crippen LogP contribution < -0.4 is 5.73 Å². The largest absolute Gasteiger partial charge is 0.477 e. The molecule has 1 aromatic rings. The van der Waals surface area contributed by atoms with Crippen LogP contribution in [0.4, 0.5) is 4.39 Å². The Hall–Kier alpha value is -1.84. The van der Waals surface area contributed by atoms with E-state index in [1.165, 1.54) is 12.1 Å². The maximum atomic E-state index is 13.1. The van der Waals surface area contributed by atoms with Crippen LogP contribution in [-0.2, 0) is 4.79 Å². The maximum Gasteiger partial charge on any atom is 0.351 e. The summed E-state index contributed by atoms with van der Waals surface area (Å²) in [5.41, 5.74) is 5.81. The minimum Gasteiger partial charge on any atom is -0.477 e. The number of nitrogens with two attached hydrogens (primary N) is 1. The number of carboxylic acid groups (broad SMARTS) is 1. The van der Waals surface area contributed by atoms with Crippen LogP contribution in [0.1, 0.15) is 11.1 Å². The normalized spacial score (nSPS) is 11.4. The van der Waals surface area contributed by atoms with E-state index in [0.717, 1.165) is 11.6 Å². The SMILES string of the molecule is Cc1ccc(F)c(/C=C(/N)C(=O)O)c1. The third-order valence-electron chi connectivity index (χ3n) is 1.71. The topological polar surface area (TPSA) is 63.3 Å². The predicted molar refractivity (Wildman–Crippen MR) is 50.9 cm³/mol. The Morgan fingerprint density at radius 3 is 2.79 bits per heavy atom. The highest BCUT2D eigenvalue weighted by Gasteiger charge is 2.04. The second kappa shape index (κ2) is 3.91. The smallest absolute Gasteiger partial charge is 0.351 e. The van der Waals surface area contributed by atoms with Gasteiger partial charge in [0.1, 0.15) is 11.5 Å². The Kier molecular flexibility index (Phi) is 2.86. The lowest BCUT2D eigenvalue weighted by atomic mass is 10.1. The van der Waals surface area contributed by atoms with E-state index in [1.807, 2.05) is 0 Å². The molecule has 0 heterocycles. The first kappa shape index (κ1) is 10.2. The molecule has 1 aromatic carbocycles. The van der Waals surface area contributed by atoms with Crippen LogP contribution in [0.25, 0.3) is 6.08 Å². The molecule has 0 saturated carbocycles. The van der Waals surface area contributed by atoms with Crippen molar-refractivity contribution >= 4 is 12.0 Å². The zero-order valence-electron chi connectivity index (χ0n) is 7.62. The summed E-state index contributed by atoms with van der Waals surface area (Å²) in [7, 11) is 0. The van der Waals surface area contributed by atoms with Crippen molar-refractivity contribution in [3.8, 4) is 0 Å².